The molecule has 0 heterocycles. The van der Waals surface area contributed by atoms with Crippen LogP contribution < -0.4 is 5.32 Å². The van der Waals surface area contributed by atoms with Crippen molar-refractivity contribution in [2.75, 3.05) is 6.61 Å². The van der Waals surface area contributed by atoms with Crippen LogP contribution in [0.3, 0.4) is 0 Å². The van der Waals surface area contributed by atoms with Gasteiger partial charge in [-0.3, -0.25) is 4.79 Å². The smallest absolute Gasteiger partial charge is 0.223 e. The molecule has 2 unspecified atom stereocenters. The first-order valence-corrected chi connectivity index (χ1v) is 10.8. The van der Waals surface area contributed by atoms with Crippen molar-refractivity contribution in [2.45, 2.75) is 39.2 Å². The fourth-order valence-electron chi connectivity index (χ4n) is 3.80. The lowest BCUT2D eigenvalue weighted by atomic mass is 9.78. The van der Waals surface area contributed by atoms with E-state index >= 15 is 0 Å². The third kappa shape index (κ3) is 5.42. The molecule has 154 valence electrons. The zero-order chi connectivity index (χ0) is 21.0. The van der Waals surface area contributed by atoms with Gasteiger partial charge in [-0.25, -0.2) is 0 Å². The molecule has 2 aromatic carbocycles. The summed E-state index contributed by atoms with van der Waals surface area (Å²) in [4.78, 5) is 12.9. The van der Waals surface area contributed by atoms with Crippen LogP contribution in [0.4, 0.5) is 0 Å². The van der Waals surface area contributed by atoms with Crippen molar-refractivity contribution >= 4 is 40.3 Å². The van der Waals surface area contributed by atoms with Crippen molar-refractivity contribution in [2.24, 2.45) is 11.8 Å². The van der Waals surface area contributed by atoms with E-state index in [1.54, 1.807) is 0 Å². The van der Waals surface area contributed by atoms with Crippen molar-refractivity contribution in [3.05, 3.63) is 69.7 Å². The summed E-state index contributed by atoms with van der Waals surface area (Å²) >= 11 is 12.2. The molecule has 0 saturated carbocycles. The van der Waals surface area contributed by atoms with E-state index < -0.39 is 0 Å². The fraction of sp³-hybridized carbons (Fsp3) is 0.375. The van der Waals surface area contributed by atoms with Crippen LogP contribution in [0.1, 0.15) is 44.2 Å². The van der Waals surface area contributed by atoms with E-state index in [4.69, 9.17) is 23.2 Å². The molecule has 1 aliphatic carbocycles. The maximum absolute atomic E-state index is 12.9. The number of hydrogen-bond acceptors (Lipinski definition) is 2. The highest BCUT2D eigenvalue weighted by Crippen LogP contribution is 2.41. The third-order valence-electron chi connectivity index (χ3n) is 5.64. The van der Waals surface area contributed by atoms with Crippen molar-refractivity contribution in [3.8, 4) is 0 Å². The Morgan fingerprint density at radius 3 is 2.00 bits per heavy atom. The van der Waals surface area contributed by atoms with E-state index in [1.807, 2.05) is 62.4 Å². The van der Waals surface area contributed by atoms with Crippen molar-refractivity contribution in [3.63, 3.8) is 0 Å². The monoisotopic (exact) mass is 431 g/mol. The molecule has 1 aliphatic rings. The molecule has 0 bridgehead atoms. The normalized spacial score (nSPS) is 18.1. The second-order valence-corrected chi connectivity index (χ2v) is 8.83. The van der Waals surface area contributed by atoms with Crippen LogP contribution >= 0.6 is 23.2 Å². The van der Waals surface area contributed by atoms with Gasteiger partial charge in [0.05, 0.1) is 12.6 Å². The standard InChI is InChI=1S/C24H27Cl2NO2/c1-15(2)23(14-28)27-24(29)18-7-12-21(16-3-8-19(25)9-4-16)22(13-18)17-5-10-20(26)11-6-17/h3-6,8-11,15,18,23,28H,7,12-14H2,1-2H3,(H,27,29). The number of rotatable bonds is 6. The van der Waals surface area contributed by atoms with Gasteiger partial charge < -0.3 is 10.4 Å². The minimum Gasteiger partial charge on any atom is -0.394 e. The van der Waals surface area contributed by atoms with E-state index in [0.29, 0.717) is 16.5 Å². The number of carbonyl (C=O) groups is 1. The Labute approximate surface area is 182 Å². The Hall–Kier alpha value is -1.81. The largest absolute Gasteiger partial charge is 0.394 e. The summed E-state index contributed by atoms with van der Waals surface area (Å²) in [6, 6.07) is 15.4. The predicted molar refractivity (Wildman–Crippen MR) is 121 cm³/mol. The lowest BCUT2D eigenvalue weighted by Crippen LogP contribution is -2.44. The maximum Gasteiger partial charge on any atom is 0.223 e. The first-order valence-electron chi connectivity index (χ1n) is 10.0. The predicted octanol–water partition coefficient (Wildman–Crippen LogP) is 5.84. The van der Waals surface area contributed by atoms with Gasteiger partial charge in [0.25, 0.3) is 0 Å². The second kappa shape index (κ2) is 9.80. The molecular formula is C24H27Cl2NO2. The van der Waals surface area contributed by atoms with Gasteiger partial charge >= 0.3 is 0 Å². The SMILES string of the molecule is CC(C)C(CO)NC(=O)C1CCC(c2ccc(Cl)cc2)=C(c2ccc(Cl)cc2)C1. The second-order valence-electron chi connectivity index (χ2n) is 7.95. The number of benzene rings is 2. The summed E-state index contributed by atoms with van der Waals surface area (Å²) in [5.74, 6) is 0.0762. The van der Waals surface area contributed by atoms with Crippen LogP contribution in [0.15, 0.2) is 48.5 Å². The number of hydrogen-bond donors (Lipinski definition) is 2. The van der Waals surface area contributed by atoms with Crippen molar-refractivity contribution in [1.82, 2.24) is 5.32 Å². The molecule has 3 rings (SSSR count). The highest BCUT2D eigenvalue weighted by molar-refractivity contribution is 6.31. The van der Waals surface area contributed by atoms with Gasteiger partial charge in [-0.15, -0.1) is 0 Å². The van der Waals surface area contributed by atoms with Gasteiger partial charge in [-0.2, -0.15) is 0 Å². The number of halogens is 2. The molecule has 3 nitrogen and oxygen atoms in total. The van der Waals surface area contributed by atoms with Crippen molar-refractivity contribution < 1.29 is 9.90 Å². The Bertz CT molecular complexity index is 873. The van der Waals surface area contributed by atoms with Crippen LogP contribution in [0.2, 0.25) is 10.0 Å². The first kappa shape index (κ1) is 21.9. The fourth-order valence-corrected chi connectivity index (χ4v) is 4.05. The van der Waals surface area contributed by atoms with E-state index in [-0.39, 0.29) is 30.4 Å². The summed E-state index contributed by atoms with van der Waals surface area (Å²) < 4.78 is 0. The number of allylic oxidation sites excluding steroid dienone is 2. The van der Waals surface area contributed by atoms with E-state index in [9.17, 15) is 9.90 Å². The van der Waals surface area contributed by atoms with E-state index in [0.717, 1.165) is 24.0 Å². The number of carbonyl (C=O) groups excluding carboxylic acids is 1. The summed E-state index contributed by atoms with van der Waals surface area (Å²) in [6.45, 7) is 3.95. The first-order chi connectivity index (χ1) is 13.9. The van der Waals surface area contributed by atoms with Crippen LogP contribution in [0.25, 0.3) is 11.1 Å². The van der Waals surface area contributed by atoms with Gasteiger partial charge in [-0.1, -0.05) is 61.3 Å². The Kier molecular flexibility index (Phi) is 7.39. The van der Waals surface area contributed by atoms with E-state index in [2.05, 4.69) is 5.32 Å². The highest BCUT2D eigenvalue weighted by Gasteiger charge is 2.29. The number of aliphatic hydroxyl groups excluding tert-OH is 1. The maximum atomic E-state index is 12.9. The molecule has 2 atom stereocenters. The van der Waals surface area contributed by atoms with Crippen LogP contribution in [0.5, 0.6) is 0 Å². The molecule has 0 aliphatic heterocycles. The molecule has 0 fully saturated rings. The van der Waals surface area contributed by atoms with Gasteiger partial charge in [0.1, 0.15) is 0 Å². The molecule has 0 spiro atoms. The molecule has 29 heavy (non-hydrogen) atoms. The molecule has 5 heteroatoms. The Morgan fingerprint density at radius 1 is 1.00 bits per heavy atom. The summed E-state index contributed by atoms with van der Waals surface area (Å²) in [7, 11) is 0. The molecule has 2 N–H and O–H groups in total. The van der Waals surface area contributed by atoms with Crippen LogP contribution in [0, 0.1) is 11.8 Å². The van der Waals surface area contributed by atoms with Gasteiger partial charge in [0, 0.05) is 16.0 Å². The molecule has 0 radical (unpaired) electrons. The quantitative estimate of drug-likeness (QED) is 0.603. The van der Waals surface area contributed by atoms with Gasteiger partial charge in [0.2, 0.25) is 5.91 Å². The molecular weight excluding hydrogens is 405 g/mol. The molecule has 1 amide bonds. The van der Waals surface area contributed by atoms with Gasteiger partial charge in [-0.05, 0) is 71.7 Å². The molecule has 0 saturated heterocycles. The summed E-state index contributed by atoms with van der Waals surface area (Å²) in [6.07, 6.45) is 2.24. The zero-order valence-electron chi connectivity index (χ0n) is 16.8. The minimum atomic E-state index is -0.219. The lowest BCUT2D eigenvalue weighted by molar-refractivity contribution is -0.126. The van der Waals surface area contributed by atoms with E-state index in [1.165, 1.54) is 11.1 Å². The van der Waals surface area contributed by atoms with Crippen LogP contribution in [-0.4, -0.2) is 23.7 Å². The Balaban J connectivity index is 1.92. The highest BCUT2D eigenvalue weighted by atomic mass is 35.5. The number of nitrogens with one attached hydrogen (secondary N) is 1. The third-order valence-corrected chi connectivity index (χ3v) is 6.15. The Morgan fingerprint density at radius 2 is 1.52 bits per heavy atom. The van der Waals surface area contributed by atoms with Crippen LogP contribution in [-0.2, 0) is 4.79 Å². The topological polar surface area (TPSA) is 49.3 Å². The average molecular weight is 432 g/mol. The number of amides is 1. The number of aliphatic hydroxyl groups is 1. The average Bonchev–Trinajstić information content (AvgIpc) is 2.72. The summed E-state index contributed by atoms with van der Waals surface area (Å²) in [5, 5.41) is 14.0. The zero-order valence-corrected chi connectivity index (χ0v) is 18.3. The minimum absolute atomic E-state index is 0.0133. The lowest BCUT2D eigenvalue weighted by Gasteiger charge is -2.29. The molecule has 0 aromatic heterocycles. The van der Waals surface area contributed by atoms with Crippen molar-refractivity contribution in [1.29, 1.82) is 0 Å². The summed E-state index contributed by atoms with van der Waals surface area (Å²) in [5.41, 5.74) is 4.63. The molecule has 2 aromatic rings. The van der Waals surface area contributed by atoms with Gasteiger partial charge in [0.15, 0.2) is 0 Å².